The highest BCUT2D eigenvalue weighted by Gasteiger charge is 2.34. The molecule has 2 N–H and O–H groups in total. The largest absolute Gasteiger partial charge is 0.446 e. The van der Waals surface area contributed by atoms with Crippen LogP contribution in [0.4, 0.5) is 13.2 Å². The van der Waals surface area contributed by atoms with Crippen LogP contribution in [-0.2, 0) is 0 Å². The van der Waals surface area contributed by atoms with Gasteiger partial charge in [-0.05, 0) is 55.3 Å². The molecule has 0 aliphatic heterocycles. The third-order valence-corrected chi connectivity index (χ3v) is 3.95. The molecule has 1 amide bonds. The summed E-state index contributed by atoms with van der Waals surface area (Å²) in [4.78, 5) is 11.8. The maximum absolute atomic E-state index is 12.2. The fourth-order valence-electron chi connectivity index (χ4n) is 1.92. The van der Waals surface area contributed by atoms with Crippen molar-refractivity contribution in [2.24, 2.45) is 0 Å². The van der Waals surface area contributed by atoms with E-state index in [2.05, 4.69) is 5.32 Å². The quantitative estimate of drug-likeness (QED) is 0.841. The fraction of sp³-hybridized carbons (Fsp3) is 0.462. The summed E-state index contributed by atoms with van der Waals surface area (Å²) >= 11 is -0.220. The zero-order valence-electron chi connectivity index (χ0n) is 10.5. The number of halogens is 3. The molecule has 0 unspecified atom stereocenters. The van der Waals surface area contributed by atoms with E-state index in [1.54, 1.807) is 0 Å². The van der Waals surface area contributed by atoms with Gasteiger partial charge in [0.05, 0.1) is 5.60 Å². The summed E-state index contributed by atoms with van der Waals surface area (Å²) in [5.74, 6) is -0.395. The Kier molecular flexibility index (Phi) is 4.29. The third-order valence-electron chi connectivity index (χ3n) is 3.21. The van der Waals surface area contributed by atoms with Gasteiger partial charge >= 0.3 is 5.51 Å². The second kappa shape index (κ2) is 5.65. The van der Waals surface area contributed by atoms with E-state index in [0.29, 0.717) is 12.8 Å². The smallest absolute Gasteiger partial charge is 0.388 e. The summed E-state index contributed by atoms with van der Waals surface area (Å²) in [6, 6.07) is 5.19. The van der Waals surface area contributed by atoms with Gasteiger partial charge in [0.1, 0.15) is 0 Å². The van der Waals surface area contributed by atoms with Gasteiger partial charge in [0.25, 0.3) is 5.91 Å². The number of carbonyl (C=O) groups is 1. The standard InChI is InChI=1S/C13H14F3NO2S/c14-13(15,16)20-10-4-2-9(3-5-10)11(18)17-8-12(19)6-1-7-12/h2-5,19H,1,6-8H2,(H,17,18). The average molecular weight is 305 g/mol. The molecule has 0 radical (unpaired) electrons. The maximum atomic E-state index is 12.2. The van der Waals surface area contributed by atoms with E-state index in [1.807, 2.05) is 0 Å². The first kappa shape index (κ1) is 15.2. The van der Waals surface area contributed by atoms with Crippen molar-refractivity contribution in [3.05, 3.63) is 29.8 Å². The molecular weight excluding hydrogens is 291 g/mol. The molecule has 0 spiro atoms. The zero-order valence-corrected chi connectivity index (χ0v) is 11.4. The molecule has 0 heterocycles. The summed E-state index contributed by atoms with van der Waals surface area (Å²) in [6.45, 7) is 0.172. The summed E-state index contributed by atoms with van der Waals surface area (Å²) < 4.78 is 36.5. The lowest BCUT2D eigenvalue weighted by Crippen LogP contribution is -2.47. The van der Waals surface area contributed by atoms with Crippen LogP contribution in [-0.4, -0.2) is 28.7 Å². The molecule has 0 bridgehead atoms. The number of nitrogens with one attached hydrogen (secondary N) is 1. The summed E-state index contributed by atoms with van der Waals surface area (Å²) in [6.07, 6.45) is 2.26. The molecule has 1 aromatic rings. The number of hydrogen-bond donors (Lipinski definition) is 2. The van der Waals surface area contributed by atoms with Crippen LogP contribution in [0.15, 0.2) is 29.2 Å². The predicted molar refractivity (Wildman–Crippen MR) is 69.5 cm³/mol. The van der Waals surface area contributed by atoms with Crippen molar-refractivity contribution < 1.29 is 23.1 Å². The minimum Gasteiger partial charge on any atom is -0.388 e. The van der Waals surface area contributed by atoms with Crippen molar-refractivity contribution in [2.75, 3.05) is 6.54 Å². The normalized spacial score (nSPS) is 17.4. The lowest BCUT2D eigenvalue weighted by molar-refractivity contribution is -0.0329. The lowest BCUT2D eigenvalue weighted by atomic mass is 9.80. The minimum atomic E-state index is -4.34. The molecule has 1 fully saturated rings. The molecule has 1 saturated carbocycles. The number of amides is 1. The average Bonchev–Trinajstić information content (AvgIpc) is 2.32. The van der Waals surface area contributed by atoms with Crippen molar-refractivity contribution in [3.63, 3.8) is 0 Å². The number of benzene rings is 1. The summed E-state index contributed by atoms with van der Waals surface area (Å²) in [5.41, 5.74) is -4.88. The van der Waals surface area contributed by atoms with Crippen LogP contribution in [0.1, 0.15) is 29.6 Å². The fourth-order valence-corrected chi connectivity index (χ4v) is 2.46. The Morgan fingerprint density at radius 1 is 1.30 bits per heavy atom. The van der Waals surface area contributed by atoms with Gasteiger partial charge in [0, 0.05) is 17.0 Å². The number of rotatable bonds is 4. The Bertz CT molecular complexity index is 483. The molecule has 0 atom stereocenters. The van der Waals surface area contributed by atoms with Crippen LogP contribution in [0, 0.1) is 0 Å². The second-order valence-corrected chi connectivity index (χ2v) is 5.97. The Morgan fingerprint density at radius 3 is 2.35 bits per heavy atom. The van der Waals surface area contributed by atoms with Gasteiger partial charge in [-0.15, -0.1) is 0 Å². The van der Waals surface area contributed by atoms with Crippen molar-refractivity contribution >= 4 is 17.7 Å². The van der Waals surface area contributed by atoms with E-state index >= 15 is 0 Å². The van der Waals surface area contributed by atoms with Gasteiger partial charge in [0.15, 0.2) is 0 Å². The van der Waals surface area contributed by atoms with E-state index in [9.17, 15) is 23.1 Å². The molecule has 1 aliphatic rings. The zero-order chi connectivity index (χ0) is 14.8. The lowest BCUT2D eigenvalue weighted by Gasteiger charge is -2.36. The van der Waals surface area contributed by atoms with E-state index in [0.717, 1.165) is 6.42 Å². The molecule has 0 aromatic heterocycles. The van der Waals surface area contributed by atoms with Gasteiger partial charge in [-0.1, -0.05) is 0 Å². The Hall–Kier alpha value is -1.21. The van der Waals surface area contributed by atoms with Crippen molar-refractivity contribution in [3.8, 4) is 0 Å². The van der Waals surface area contributed by atoms with E-state index in [4.69, 9.17) is 0 Å². The van der Waals surface area contributed by atoms with E-state index in [1.165, 1.54) is 24.3 Å². The molecular formula is C13H14F3NO2S. The number of aliphatic hydroxyl groups is 1. The van der Waals surface area contributed by atoms with Gasteiger partial charge in [0.2, 0.25) is 0 Å². The number of alkyl halides is 3. The Labute approximate surface area is 118 Å². The SMILES string of the molecule is O=C(NCC1(O)CCC1)c1ccc(SC(F)(F)F)cc1. The Morgan fingerprint density at radius 2 is 1.90 bits per heavy atom. The van der Waals surface area contributed by atoms with Crippen LogP contribution in [0.3, 0.4) is 0 Å². The first-order chi connectivity index (χ1) is 9.27. The van der Waals surface area contributed by atoms with E-state index in [-0.39, 0.29) is 28.8 Å². The van der Waals surface area contributed by atoms with Crippen LogP contribution in [0.5, 0.6) is 0 Å². The highest BCUT2D eigenvalue weighted by molar-refractivity contribution is 8.00. The van der Waals surface area contributed by atoms with Gasteiger partial charge in [-0.2, -0.15) is 13.2 Å². The van der Waals surface area contributed by atoms with Crippen LogP contribution >= 0.6 is 11.8 Å². The number of hydrogen-bond acceptors (Lipinski definition) is 3. The van der Waals surface area contributed by atoms with E-state index < -0.39 is 17.0 Å². The topological polar surface area (TPSA) is 49.3 Å². The third kappa shape index (κ3) is 4.14. The van der Waals surface area contributed by atoms with Crippen LogP contribution in [0.2, 0.25) is 0 Å². The molecule has 110 valence electrons. The number of carbonyl (C=O) groups excluding carboxylic acids is 1. The van der Waals surface area contributed by atoms with Crippen molar-refractivity contribution in [1.82, 2.24) is 5.32 Å². The molecule has 0 saturated heterocycles. The molecule has 2 rings (SSSR count). The number of thioether (sulfide) groups is 1. The molecule has 3 nitrogen and oxygen atoms in total. The van der Waals surface area contributed by atoms with Crippen LogP contribution < -0.4 is 5.32 Å². The molecule has 20 heavy (non-hydrogen) atoms. The van der Waals surface area contributed by atoms with Gasteiger partial charge in [-0.25, -0.2) is 0 Å². The highest BCUT2D eigenvalue weighted by atomic mass is 32.2. The minimum absolute atomic E-state index is 0.0340. The monoisotopic (exact) mass is 305 g/mol. The van der Waals surface area contributed by atoms with Crippen molar-refractivity contribution in [2.45, 2.75) is 35.3 Å². The first-order valence-electron chi connectivity index (χ1n) is 6.14. The molecule has 1 aromatic carbocycles. The molecule has 1 aliphatic carbocycles. The highest BCUT2D eigenvalue weighted by Crippen LogP contribution is 2.36. The second-order valence-electron chi connectivity index (χ2n) is 4.83. The maximum Gasteiger partial charge on any atom is 0.446 e. The van der Waals surface area contributed by atoms with Gasteiger partial charge in [-0.3, -0.25) is 4.79 Å². The van der Waals surface area contributed by atoms with Crippen LogP contribution in [0.25, 0.3) is 0 Å². The first-order valence-corrected chi connectivity index (χ1v) is 6.96. The predicted octanol–water partition coefficient (Wildman–Crippen LogP) is 2.94. The molecule has 7 heteroatoms. The summed E-state index contributed by atoms with van der Waals surface area (Å²) in [7, 11) is 0. The van der Waals surface area contributed by atoms with Crippen molar-refractivity contribution in [1.29, 1.82) is 0 Å². The Balaban J connectivity index is 1.90. The summed E-state index contributed by atoms with van der Waals surface area (Å²) in [5, 5.41) is 12.4. The van der Waals surface area contributed by atoms with Gasteiger partial charge < -0.3 is 10.4 Å².